The first-order valence-corrected chi connectivity index (χ1v) is 8.05. The number of carbonyl (C=O) groups is 1. The van der Waals surface area contributed by atoms with Crippen LogP contribution in [0.1, 0.15) is 16.7 Å². The van der Waals surface area contributed by atoms with Gasteiger partial charge < -0.3 is 5.11 Å². The molecule has 2 heterocycles. The van der Waals surface area contributed by atoms with Crippen LogP contribution in [0.25, 0.3) is 23.2 Å². The Bertz CT molecular complexity index is 1180. The largest absolute Gasteiger partial charge is 0.478 e. The summed E-state index contributed by atoms with van der Waals surface area (Å²) in [6.45, 7) is 0. The molecule has 0 amide bonds. The zero-order chi connectivity index (χ0) is 23.0. The number of aromatic nitrogens is 5. The smallest absolute Gasteiger partial charge is 0.416 e. The van der Waals surface area contributed by atoms with E-state index in [-0.39, 0.29) is 11.6 Å². The SMILES string of the molecule is O=C(O)/C(=C/n1nc(-c2cc(C(F)(F)F)cc(C(F)(F)F)c2)[nH]c1=O)c1cncnc1. The lowest BCUT2D eigenvalue weighted by Gasteiger charge is -2.13. The molecule has 8 nitrogen and oxygen atoms in total. The molecule has 0 saturated carbocycles. The fourth-order valence-electron chi connectivity index (χ4n) is 2.46. The van der Waals surface area contributed by atoms with E-state index in [4.69, 9.17) is 0 Å². The highest BCUT2D eigenvalue weighted by Gasteiger charge is 2.37. The van der Waals surface area contributed by atoms with Crippen LogP contribution >= 0.6 is 0 Å². The third kappa shape index (κ3) is 4.79. The van der Waals surface area contributed by atoms with Crippen molar-refractivity contribution in [2.75, 3.05) is 0 Å². The van der Waals surface area contributed by atoms with Gasteiger partial charge in [-0.1, -0.05) is 0 Å². The number of rotatable bonds is 4. The minimum atomic E-state index is -5.09. The van der Waals surface area contributed by atoms with Crippen molar-refractivity contribution >= 4 is 17.7 Å². The van der Waals surface area contributed by atoms with Crippen LogP contribution < -0.4 is 5.69 Å². The van der Waals surface area contributed by atoms with Crippen LogP contribution in [0.5, 0.6) is 0 Å². The lowest BCUT2D eigenvalue weighted by molar-refractivity contribution is -0.143. The molecule has 2 N–H and O–H groups in total. The van der Waals surface area contributed by atoms with Gasteiger partial charge in [-0.25, -0.2) is 19.6 Å². The lowest BCUT2D eigenvalue weighted by atomic mass is 10.0. The van der Waals surface area contributed by atoms with E-state index in [0.29, 0.717) is 16.8 Å². The summed E-state index contributed by atoms with van der Waals surface area (Å²) < 4.78 is 78.6. The molecule has 0 aliphatic carbocycles. The number of nitrogens with zero attached hydrogens (tertiary/aromatic N) is 4. The Morgan fingerprint density at radius 2 is 1.55 bits per heavy atom. The highest BCUT2D eigenvalue weighted by molar-refractivity contribution is 6.18. The fraction of sp³-hybridized carbons (Fsp3) is 0.118. The van der Waals surface area contributed by atoms with E-state index in [9.17, 15) is 41.0 Å². The molecule has 0 spiro atoms. The molecule has 0 fully saturated rings. The topological polar surface area (TPSA) is 114 Å². The van der Waals surface area contributed by atoms with Crippen molar-refractivity contribution in [2.24, 2.45) is 0 Å². The van der Waals surface area contributed by atoms with E-state index in [2.05, 4.69) is 15.1 Å². The predicted molar refractivity (Wildman–Crippen MR) is 92.1 cm³/mol. The average Bonchev–Trinajstić information content (AvgIpc) is 3.05. The number of hydrogen-bond donors (Lipinski definition) is 2. The maximum Gasteiger partial charge on any atom is 0.416 e. The van der Waals surface area contributed by atoms with Gasteiger partial charge in [0.15, 0.2) is 5.82 Å². The summed E-state index contributed by atoms with van der Waals surface area (Å²) in [4.78, 5) is 32.8. The predicted octanol–water partition coefficient (Wildman–Crippen LogP) is 3.15. The number of benzene rings is 1. The molecule has 31 heavy (non-hydrogen) atoms. The second-order valence-corrected chi connectivity index (χ2v) is 5.99. The van der Waals surface area contributed by atoms with Crippen molar-refractivity contribution in [1.29, 1.82) is 0 Å². The third-order valence-corrected chi connectivity index (χ3v) is 3.86. The summed E-state index contributed by atoms with van der Waals surface area (Å²) in [5.41, 5.74) is -5.50. The zero-order valence-corrected chi connectivity index (χ0v) is 14.9. The third-order valence-electron chi connectivity index (χ3n) is 3.86. The van der Waals surface area contributed by atoms with Crippen LogP contribution in [0.3, 0.4) is 0 Å². The fourth-order valence-corrected chi connectivity index (χ4v) is 2.46. The van der Waals surface area contributed by atoms with Gasteiger partial charge in [0.25, 0.3) is 0 Å². The highest BCUT2D eigenvalue weighted by atomic mass is 19.4. The van der Waals surface area contributed by atoms with Gasteiger partial charge in [-0.15, -0.1) is 5.10 Å². The number of carboxylic acid groups (broad SMARTS) is 1. The van der Waals surface area contributed by atoms with Gasteiger partial charge in [-0.2, -0.15) is 31.0 Å². The quantitative estimate of drug-likeness (QED) is 0.471. The van der Waals surface area contributed by atoms with Crippen molar-refractivity contribution in [3.63, 3.8) is 0 Å². The minimum absolute atomic E-state index is 0.0233. The molecular formula is C17H9F6N5O3. The van der Waals surface area contributed by atoms with E-state index in [0.717, 1.165) is 24.9 Å². The highest BCUT2D eigenvalue weighted by Crippen LogP contribution is 2.37. The first-order chi connectivity index (χ1) is 14.4. The Hall–Kier alpha value is -3.97. The molecule has 0 aliphatic heterocycles. The molecule has 1 aromatic carbocycles. The molecule has 3 rings (SSSR count). The van der Waals surface area contributed by atoms with Crippen molar-refractivity contribution in [1.82, 2.24) is 24.7 Å². The summed E-state index contributed by atoms with van der Waals surface area (Å²) >= 11 is 0. The van der Waals surface area contributed by atoms with Crippen molar-refractivity contribution in [2.45, 2.75) is 12.4 Å². The van der Waals surface area contributed by atoms with E-state index in [1.54, 1.807) is 0 Å². The Morgan fingerprint density at radius 3 is 2.03 bits per heavy atom. The molecular weight excluding hydrogens is 436 g/mol. The number of aliphatic carboxylic acids is 1. The van der Waals surface area contributed by atoms with E-state index < -0.39 is 52.1 Å². The van der Waals surface area contributed by atoms with Gasteiger partial charge in [0.05, 0.1) is 16.7 Å². The molecule has 14 heteroatoms. The van der Waals surface area contributed by atoms with Gasteiger partial charge in [0, 0.05) is 29.7 Å². The number of halogens is 6. The van der Waals surface area contributed by atoms with Crippen molar-refractivity contribution in [3.8, 4) is 11.4 Å². The van der Waals surface area contributed by atoms with Gasteiger partial charge in [0.1, 0.15) is 6.33 Å². The Labute approximate surface area is 167 Å². The average molecular weight is 445 g/mol. The number of nitrogens with one attached hydrogen (secondary N) is 1. The number of aromatic amines is 1. The Kier molecular flexibility index (Phi) is 5.40. The number of H-pyrrole nitrogens is 1. The van der Waals surface area contributed by atoms with Gasteiger partial charge in [-0.3, -0.25) is 4.98 Å². The second kappa shape index (κ2) is 7.70. The first kappa shape index (κ1) is 21.7. The van der Waals surface area contributed by atoms with E-state index in [1.807, 2.05) is 4.98 Å². The number of alkyl halides is 6. The zero-order valence-electron chi connectivity index (χ0n) is 14.9. The first-order valence-electron chi connectivity index (χ1n) is 8.05. The van der Waals surface area contributed by atoms with Gasteiger partial charge >= 0.3 is 24.0 Å². The Balaban J connectivity index is 2.14. The summed E-state index contributed by atoms with van der Waals surface area (Å²) in [5, 5.41) is 12.9. The molecule has 0 unspecified atom stereocenters. The van der Waals surface area contributed by atoms with Crippen LogP contribution in [0.4, 0.5) is 26.3 Å². The standard InChI is InChI=1S/C17H9F6N5O3/c18-16(19,20)10-1-8(2-11(3-10)17(21,22)23)13-26-15(31)28(27-13)6-12(14(29)30)9-4-24-7-25-5-9/h1-7H,(H,29,30)(H,26,27,31)/b12-6+. The van der Waals surface area contributed by atoms with Crippen molar-refractivity contribution < 1.29 is 36.2 Å². The molecule has 0 radical (unpaired) electrons. The summed E-state index contributed by atoms with van der Waals surface area (Å²) in [5.74, 6) is -2.14. The summed E-state index contributed by atoms with van der Waals surface area (Å²) in [7, 11) is 0. The van der Waals surface area contributed by atoms with E-state index in [1.165, 1.54) is 0 Å². The van der Waals surface area contributed by atoms with Crippen LogP contribution in [0, 0.1) is 0 Å². The normalized spacial score (nSPS) is 12.8. The summed E-state index contributed by atoms with van der Waals surface area (Å²) in [6, 6.07) is 0.686. The van der Waals surface area contributed by atoms with Gasteiger partial charge in [-0.05, 0) is 18.2 Å². The molecule has 162 valence electrons. The summed E-state index contributed by atoms with van der Waals surface area (Å²) in [6.07, 6.45) is -6.11. The molecule has 2 aromatic heterocycles. The minimum Gasteiger partial charge on any atom is -0.478 e. The van der Waals surface area contributed by atoms with Crippen LogP contribution in [0.2, 0.25) is 0 Å². The van der Waals surface area contributed by atoms with Crippen LogP contribution in [-0.4, -0.2) is 35.8 Å². The molecule has 0 saturated heterocycles. The lowest BCUT2D eigenvalue weighted by Crippen LogP contribution is -2.14. The van der Waals surface area contributed by atoms with Crippen LogP contribution in [-0.2, 0) is 17.1 Å². The number of hydrogen-bond acceptors (Lipinski definition) is 5. The van der Waals surface area contributed by atoms with E-state index >= 15 is 0 Å². The monoisotopic (exact) mass is 445 g/mol. The second-order valence-electron chi connectivity index (χ2n) is 5.99. The number of carboxylic acids is 1. The maximum atomic E-state index is 13.0. The maximum absolute atomic E-state index is 13.0. The molecule has 0 atom stereocenters. The Morgan fingerprint density at radius 1 is 1.00 bits per heavy atom. The molecule has 3 aromatic rings. The van der Waals surface area contributed by atoms with Gasteiger partial charge in [0.2, 0.25) is 0 Å². The molecule has 0 bridgehead atoms. The van der Waals surface area contributed by atoms with Crippen LogP contribution in [0.15, 0.2) is 41.7 Å². The molecule has 0 aliphatic rings. The van der Waals surface area contributed by atoms with Crippen molar-refractivity contribution in [3.05, 3.63) is 64.1 Å².